The van der Waals surface area contributed by atoms with E-state index in [1.807, 2.05) is 0 Å². The quantitative estimate of drug-likeness (QED) is 0.0224. The molecule has 6 rings (SSSR count). The van der Waals surface area contributed by atoms with Gasteiger partial charge in [0.1, 0.15) is 96.7 Å². The van der Waals surface area contributed by atoms with Gasteiger partial charge in [-0.05, 0) is 76.0 Å². The van der Waals surface area contributed by atoms with Gasteiger partial charge in [0, 0.05) is 105 Å². The van der Waals surface area contributed by atoms with E-state index >= 15 is 24.0 Å². The molecule has 147 heavy (non-hydrogen) atoms. The number of amides is 20. The summed E-state index contributed by atoms with van der Waals surface area (Å²) in [4.78, 5) is 310. The van der Waals surface area contributed by atoms with Crippen LogP contribution in [-0.2, 0) is 109 Å². The van der Waals surface area contributed by atoms with Gasteiger partial charge in [0.05, 0.1) is 76.0 Å². The van der Waals surface area contributed by atoms with Crippen LogP contribution in [0, 0.1) is 34.5 Å². The fourth-order valence-corrected chi connectivity index (χ4v) is 18.3. The van der Waals surface area contributed by atoms with Gasteiger partial charge in [-0.2, -0.15) is 35.3 Å². The van der Waals surface area contributed by atoms with Crippen LogP contribution in [0.2, 0.25) is 0 Å². The van der Waals surface area contributed by atoms with Gasteiger partial charge in [-0.25, -0.2) is 15.4 Å². The van der Waals surface area contributed by atoms with E-state index in [1.165, 1.54) is 57.6 Å². The third kappa shape index (κ3) is 40.7. The minimum atomic E-state index is -1.95. The van der Waals surface area contributed by atoms with E-state index in [2.05, 4.69) is 116 Å². The van der Waals surface area contributed by atoms with Crippen molar-refractivity contribution < 1.29 is 116 Å². The summed E-state index contributed by atoms with van der Waals surface area (Å²) >= 11 is 2.75. The first-order chi connectivity index (χ1) is 69.6. The van der Waals surface area contributed by atoms with Crippen molar-refractivity contribution >= 4 is 165 Å². The number of rotatable bonds is 27. The van der Waals surface area contributed by atoms with Crippen LogP contribution in [0.4, 0.5) is 0 Å². The topological polar surface area (TPSA) is 861 Å². The molecule has 2 aromatic rings. The maximum atomic E-state index is 15.1. The van der Waals surface area contributed by atoms with Crippen LogP contribution in [0.5, 0.6) is 0 Å². The Kier molecular flexibility index (Phi) is 51.6. The lowest BCUT2D eigenvalue weighted by Crippen LogP contribution is -2.63. The number of imidazole rings is 2. The standard InChI is InChI=1S/C88H146N32O24S3/c1-11-46(8)69-85(143)106-56(27-50-30-96-39-100-50)76(134)111-61(80(138)101-48(10)70(90)128)35-145-21-16-65(125)117-40-118-42-119(41-117)67(127)18-23-147-37-63(112-75(133)55(26-49-29-95-38-99-49)105-78(136)58(32-121)108-72(130)52(14-12-19-97-87(91)92)103-84(142)68(45(6)7)113-81(139)62(110-71(129)47(9)89)36-146-22-17-66(118)126)82(140)116-115-60(34-123)79(137)109-59(33-122)77(135)104-54(24-43(2)3)74(132)107-57(25-44(4)5)86(144)120-31-51(124)28-64(120)83(141)102-53(73(131)114-69)15-13-20-98-88(93)94/h29-30,38-39,43-48,51-64,68-69,115,121-124H,11-28,31-37,40-42,89H2,1-10H3,(H2,90,128)(H,95,99)(H,96,100)(H,101,138)(H,102,141)(H,103,142)(H,104,135)(H,105,136)(H,106,143)(H,107,132)(H,108,130)(H,109,137)(H,110,129)(H,111,134)(H,112,133)(H,113,139)(H,114,131)(H,116,140)(H4,91,92,97)(H4,93,94,98)/t46-,47-,48-,51+,52-,53-,54-,55-,56-,57-,58-,59-,60-,61-,62-,63-,64-,68-,69-/m0/s1. The normalized spacial score (nSPS) is 26.2. The summed E-state index contributed by atoms with van der Waals surface area (Å²) in [5, 5.41) is 100. The molecule has 59 heteroatoms. The number of aromatic amines is 2. The molecule has 4 fully saturated rings. The predicted octanol–water partition coefficient (Wildman–Crippen LogP) is -11.4. The number of aliphatic hydroxyl groups is 4. The van der Waals surface area contributed by atoms with Crippen LogP contribution in [-0.4, -0.2) is 393 Å². The van der Waals surface area contributed by atoms with Crippen molar-refractivity contribution in [3.63, 3.8) is 0 Å². The van der Waals surface area contributed by atoms with Crippen molar-refractivity contribution in [2.24, 2.45) is 46.6 Å². The van der Waals surface area contributed by atoms with Gasteiger partial charge in [-0.1, -0.05) is 61.8 Å². The van der Waals surface area contributed by atoms with Crippen molar-refractivity contribution in [1.82, 2.24) is 135 Å². The third-order valence-electron chi connectivity index (χ3n) is 23.9. The molecule has 0 unspecified atom stereocenters. The zero-order valence-electron chi connectivity index (χ0n) is 84.0. The Bertz CT molecular complexity index is 4840. The molecule has 0 aromatic carbocycles. The number of nitrogens with one attached hydrogen (secondary N) is 22. The maximum Gasteiger partial charge on any atom is 0.257 e. The Balaban J connectivity index is 1.49. The monoisotopic (exact) mass is 2130 g/mol. The second-order valence-electron chi connectivity index (χ2n) is 37.3. The number of nitrogens with two attached hydrogens (primary N) is 4. The van der Waals surface area contributed by atoms with E-state index in [9.17, 15) is 92.3 Å². The smallest absolute Gasteiger partial charge is 0.257 e. The zero-order chi connectivity index (χ0) is 109. The van der Waals surface area contributed by atoms with Gasteiger partial charge in [0.25, 0.3) is 5.91 Å². The first kappa shape index (κ1) is 123. The summed E-state index contributed by atoms with van der Waals surface area (Å²) < 4.78 is 0. The summed E-state index contributed by atoms with van der Waals surface area (Å²) in [7, 11) is 0. The third-order valence-corrected chi connectivity index (χ3v) is 27.1. The Labute approximate surface area is 862 Å². The zero-order valence-corrected chi connectivity index (χ0v) is 86.4. The van der Waals surface area contributed by atoms with Gasteiger partial charge in [-0.3, -0.25) is 112 Å². The maximum absolute atomic E-state index is 15.1. The minimum Gasteiger partial charge on any atom is -0.394 e. The number of nitrogens with zero attached hydrogens (tertiary/aromatic N) is 6. The molecule has 6 heterocycles. The fourth-order valence-electron chi connectivity index (χ4n) is 15.4. The van der Waals surface area contributed by atoms with Crippen molar-refractivity contribution in [2.75, 3.05) is 94.0 Å². The Morgan fingerprint density at radius 1 is 0.490 bits per heavy atom. The largest absolute Gasteiger partial charge is 0.394 e. The average molecular weight is 2130 g/mol. The van der Waals surface area contributed by atoms with Crippen LogP contribution in [0.1, 0.15) is 151 Å². The van der Waals surface area contributed by atoms with E-state index in [4.69, 9.17) is 33.8 Å². The van der Waals surface area contributed by atoms with Gasteiger partial charge in [-0.15, -0.1) is 0 Å². The molecule has 56 nitrogen and oxygen atoms in total. The van der Waals surface area contributed by atoms with Crippen molar-refractivity contribution in [1.29, 1.82) is 10.8 Å². The average Bonchev–Trinajstić information content (AvgIpc) is 1.74. The van der Waals surface area contributed by atoms with E-state index in [-0.39, 0.29) is 111 Å². The van der Waals surface area contributed by atoms with Crippen molar-refractivity contribution in [3.8, 4) is 0 Å². The van der Waals surface area contributed by atoms with Crippen molar-refractivity contribution in [3.05, 3.63) is 36.4 Å². The molecule has 4 aliphatic heterocycles. The molecule has 820 valence electrons. The molecule has 19 atom stereocenters. The highest BCUT2D eigenvalue weighted by molar-refractivity contribution is 7.99. The highest BCUT2D eigenvalue weighted by Gasteiger charge is 2.46. The first-order valence-corrected chi connectivity index (χ1v) is 51.9. The molecule has 4 bridgehead atoms. The van der Waals surface area contributed by atoms with E-state index in [1.54, 1.807) is 41.5 Å². The molecule has 0 radical (unpaired) electrons. The number of primary amides is 1. The minimum absolute atomic E-state index is 0.00159. The number of aliphatic hydroxyl groups excluding tert-OH is 4. The number of carbonyl (C=O) groups is 20. The lowest BCUT2D eigenvalue weighted by Gasteiger charge is -2.42. The molecule has 34 N–H and O–H groups in total. The van der Waals surface area contributed by atoms with Crippen LogP contribution in [0.25, 0.3) is 0 Å². The van der Waals surface area contributed by atoms with E-state index in [0.717, 1.165) is 50.0 Å². The summed E-state index contributed by atoms with van der Waals surface area (Å²) in [6.45, 7) is 10.2. The molecule has 0 spiro atoms. The van der Waals surface area contributed by atoms with Gasteiger partial charge >= 0.3 is 0 Å². The number of aromatic nitrogens is 4. The van der Waals surface area contributed by atoms with Crippen molar-refractivity contribution in [2.45, 2.75) is 262 Å². The molecule has 4 aliphatic rings. The van der Waals surface area contributed by atoms with Crippen LogP contribution in [0.15, 0.2) is 25.0 Å². The highest BCUT2D eigenvalue weighted by atomic mass is 32.2. The predicted molar refractivity (Wildman–Crippen MR) is 535 cm³/mol. The number of H-pyrrole nitrogens is 2. The number of guanidine groups is 2. The van der Waals surface area contributed by atoms with Gasteiger partial charge < -0.3 is 158 Å². The Morgan fingerprint density at radius 3 is 1.37 bits per heavy atom. The number of fused-ring (bicyclic) bond motifs is 8. The number of hydrazine groups is 1. The molecule has 2 aromatic heterocycles. The van der Waals surface area contributed by atoms with E-state index < -0.39 is 340 Å². The molecular formula is C88H146N32O24S3. The number of carbonyl (C=O) groups excluding carboxylic acids is 20. The van der Waals surface area contributed by atoms with Crippen LogP contribution in [0.3, 0.4) is 0 Å². The molecular weight excluding hydrogens is 1990 g/mol. The van der Waals surface area contributed by atoms with Crippen LogP contribution < -0.4 is 119 Å². The first-order valence-electron chi connectivity index (χ1n) is 48.4. The second-order valence-corrected chi connectivity index (χ2v) is 40.7. The Morgan fingerprint density at radius 2 is 0.905 bits per heavy atom. The van der Waals surface area contributed by atoms with Crippen LogP contribution >= 0.6 is 35.3 Å². The number of hydrogen-bond acceptors (Lipinski definition) is 33. The molecule has 4 saturated heterocycles. The highest BCUT2D eigenvalue weighted by Crippen LogP contribution is 2.25. The SMILES string of the molecule is CC[C@H](C)[C@@H]1NC(=O)[C@H](CCCNC(=N)N)NC(=O)[C@@H]2C[C@@H](O)CN2C(=O)[C@H](CC(C)C)NC(=O)[C@H](CC(C)C)NC(=O)[C@H](CO)NC(=O)[C@H](CO)NNC(=O)[C@@H]2CSCCC(=O)N3CN(CN(C3)C(=O)CCSC[C@@H](C(=O)N[C@@H](C)C(N)=O)NC(=O)[C@H](Cc3c[nH]cn3)NC1=O)C(=O)CCSC[C@H](NC(=O)[C@H](C)N)C(=O)N[C@@H](C(C)C)C(=O)N[C@@H](CCCNC(=N)N)C(=O)N[C@@H](CO)C(=O)N[C@@H](Cc1c[nH]cn1)C(=O)N2. The summed E-state index contributed by atoms with van der Waals surface area (Å²) in [5.74, 6) is -24.8. The molecule has 20 amide bonds. The number of thioether (sulfide) groups is 3. The van der Waals surface area contributed by atoms with Gasteiger partial charge in [0.15, 0.2) is 11.9 Å². The van der Waals surface area contributed by atoms with Gasteiger partial charge in [0.2, 0.25) is 112 Å². The lowest BCUT2D eigenvalue weighted by molar-refractivity contribution is -0.158. The summed E-state index contributed by atoms with van der Waals surface area (Å²) in [6.07, 6.45) is 0.782. The Hall–Kier alpha value is -12.8. The molecule has 0 saturated carbocycles. The molecule has 0 aliphatic carbocycles. The summed E-state index contributed by atoms with van der Waals surface area (Å²) in [6, 6.07) is -27.6. The van der Waals surface area contributed by atoms with E-state index in [0.29, 0.717) is 0 Å². The number of hydrogen-bond donors (Lipinski definition) is 30. The summed E-state index contributed by atoms with van der Waals surface area (Å²) in [5.41, 5.74) is 27.6. The second kappa shape index (κ2) is 61.7. The fraction of sp³-hybridized carbons (Fsp3) is 0.682. The lowest BCUT2D eigenvalue weighted by atomic mass is 9.96.